The third kappa shape index (κ3) is 6.34. The molecule has 0 bridgehead atoms. The van der Waals surface area contributed by atoms with Crippen molar-refractivity contribution in [2.24, 2.45) is 0 Å². The van der Waals surface area contributed by atoms with Crippen LogP contribution in [-0.2, 0) is 42.1 Å². The van der Waals surface area contributed by atoms with E-state index in [9.17, 15) is 24.3 Å². The Bertz CT molecular complexity index is 1560. The van der Waals surface area contributed by atoms with Crippen molar-refractivity contribution in [1.82, 2.24) is 9.80 Å². The topological polar surface area (TPSA) is 113 Å². The van der Waals surface area contributed by atoms with E-state index in [-0.39, 0.29) is 13.1 Å². The molecule has 2 amide bonds. The number of esters is 1. The molecule has 224 valence electrons. The number of ether oxygens (including phenoxy) is 1. The Hall–Kier alpha value is -4.99. The molecule has 4 aromatic carbocycles. The summed E-state index contributed by atoms with van der Waals surface area (Å²) in [4.78, 5) is 56.5. The molecule has 2 atom stereocenters. The number of rotatable bonds is 11. The third-order valence-electron chi connectivity index (χ3n) is 7.56. The summed E-state index contributed by atoms with van der Waals surface area (Å²) in [5, 5.41) is 11.8. The van der Waals surface area contributed by atoms with Crippen LogP contribution in [0.25, 0.3) is 0 Å². The van der Waals surface area contributed by atoms with Gasteiger partial charge in [0.25, 0.3) is 5.78 Å². The fraction of sp³-hybridized carbons (Fsp3) is 0.176. The first-order valence-electron chi connectivity index (χ1n) is 13.9. The van der Waals surface area contributed by atoms with Gasteiger partial charge in [-0.3, -0.25) is 4.79 Å². The SMILES string of the molecule is O=C(OCC(O)(c1ccccc1)c1ccccc1)C(=O)C1C(C(=O)OCl)N(Cc2ccccc2)C(=O)N1Cc1ccccc1. The molecule has 5 rings (SSSR count). The number of ketones is 1. The molecule has 1 heterocycles. The maximum absolute atomic E-state index is 13.9. The zero-order valence-electron chi connectivity index (χ0n) is 23.5. The fourth-order valence-corrected chi connectivity index (χ4v) is 5.44. The summed E-state index contributed by atoms with van der Waals surface area (Å²) in [6.45, 7) is -0.746. The summed E-state index contributed by atoms with van der Waals surface area (Å²) >= 11 is 5.50. The Morgan fingerprint density at radius 2 is 1.09 bits per heavy atom. The summed E-state index contributed by atoms with van der Waals surface area (Å²) in [7, 11) is 0. The lowest BCUT2D eigenvalue weighted by Gasteiger charge is -2.29. The first-order valence-corrected chi connectivity index (χ1v) is 14.2. The first kappa shape index (κ1) is 30.5. The average Bonchev–Trinajstić information content (AvgIpc) is 3.34. The number of Topliss-reactive ketones (excluding diaryl/α,β-unsaturated/α-hetero) is 1. The maximum atomic E-state index is 13.9. The van der Waals surface area contributed by atoms with Crippen molar-refractivity contribution in [3.63, 3.8) is 0 Å². The van der Waals surface area contributed by atoms with Gasteiger partial charge in [0.15, 0.2) is 6.04 Å². The van der Waals surface area contributed by atoms with Crippen LogP contribution in [0.15, 0.2) is 121 Å². The number of carbonyl (C=O) groups is 4. The molecule has 0 aliphatic carbocycles. The highest BCUT2D eigenvalue weighted by molar-refractivity contribution is 6.37. The number of aliphatic hydroxyl groups is 1. The minimum absolute atomic E-state index is 0.0534. The van der Waals surface area contributed by atoms with E-state index in [1.807, 2.05) is 0 Å². The van der Waals surface area contributed by atoms with E-state index >= 15 is 0 Å². The Morgan fingerprint density at radius 1 is 0.682 bits per heavy atom. The highest BCUT2D eigenvalue weighted by Gasteiger charge is 2.55. The van der Waals surface area contributed by atoms with Crippen LogP contribution < -0.4 is 0 Å². The van der Waals surface area contributed by atoms with Crippen LogP contribution in [0.2, 0.25) is 0 Å². The molecule has 10 heteroatoms. The summed E-state index contributed by atoms with van der Waals surface area (Å²) in [6.07, 6.45) is 0. The van der Waals surface area contributed by atoms with Gasteiger partial charge < -0.3 is 23.9 Å². The predicted octanol–water partition coefficient (Wildman–Crippen LogP) is 4.61. The van der Waals surface area contributed by atoms with Gasteiger partial charge in [0.1, 0.15) is 30.1 Å². The predicted molar refractivity (Wildman–Crippen MR) is 161 cm³/mol. The monoisotopic (exact) mass is 612 g/mol. The summed E-state index contributed by atoms with van der Waals surface area (Å²) in [5.74, 6) is -3.58. The Kier molecular flexibility index (Phi) is 9.38. The molecule has 1 saturated heterocycles. The molecule has 1 aliphatic rings. The van der Waals surface area contributed by atoms with Crippen molar-refractivity contribution in [3.8, 4) is 0 Å². The second kappa shape index (κ2) is 13.5. The number of benzene rings is 4. The summed E-state index contributed by atoms with van der Waals surface area (Å²) in [6, 6.07) is 31.0. The van der Waals surface area contributed by atoms with Crippen LogP contribution in [0.3, 0.4) is 0 Å². The number of hydrogen-bond acceptors (Lipinski definition) is 7. The van der Waals surface area contributed by atoms with E-state index in [0.29, 0.717) is 22.3 Å². The molecule has 44 heavy (non-hydrogen) atoms. The molecule has 0 radical (unpaired) electrons. The summed E-state index contributed by atoms with van der Waals surface area (Å²) in [5.41, 5.74) is 0.423. The number of urea groups is 1. The van der Waals surface area contributed by atoms with E-state index in [4.69, 9.17) is 16.6 Å². The van der Waals surface area contributed by atoms with Gasteiger partial charge in [-0.15, -0.1) is 0 Å². The van der Waals surface area contributed by atoms with Crippen molar-refractivity contribution in [2.45, 2.75) is 30.8 Å². The van der Waals surface area contributed by atoms with Crippen LogP contribution in [0, 0.1) is 0 Å². The van der Waals surface area contributed by atoms with Crippen molar-refractivity contribution >= 4 is 35.6 Å². The zero-order chi connectivity index (χ0) is 31.1. The van der Waals surface area contributed by atoms with Gasteiger partial charge in [0.05, 0.1) is 0 Å². The van der Waals surface area contributed by atoms with Crippen LogP contribution in [0.5, 0.6) is 0 Å². The molecule has 9 nitrogen and oxygen atoms in total. The number of halogens is 1. The smallest absolute Gasteiger partial charge is 0.377 e. The molecular weight excluding hydrogens is 584 g/mol. The van der Waals surface area contributed by atoms with Crippen LogP contribution in [0.4, 0.5) is 4.79 Å². The van der Waals surface area contributed by atoms with Gasteiger partial charge in [0, 0.05) is 13.1 Å². The molecule has 1 aliphatic heterocycles. The third-order valence-corrected chi connectivity index (χ3v) is 7.71. The highest BCUT2D eigenvalue weighted by atomic mass is 35.5. The Labute approximate surface area is 259 Å². The number of nitrogens with zero attached hydrogens (tertiary/aromatic N) is 2. The van der Waals surface area contributed by atoms with E-state index in [1.165, 1.54) is 0 Å². The van der Waals surface area contributed by atoms with E-state index < -0.39 is 48.0 Å². The van der Waals surface area contributed by atoms with Gasteiger partial charge in [-0.25, -0.2) is 14.4 Å². The van der Waals surface area contributed by atoms with Crippen molar-refractivity contribution in [3.05, 3.63) is 144 Å². The van der Waals surface area contributed by atoms with Crippen molar-refractivity contribution in [2.75, 3.05) is 6.61 Å². The lowest BCUT2D eigenvalue weighted by Crippen LogP contribution is -2.51. The van der Waals surface area contributed by atoms with Crippen molar-refractivity contribution < 1.29 is 33.3 Å². The second-order valence-electron chi connectivity index (χ2n) is 10.3. The lowest BCUT2D eigenvalue weighted by molar-refractivity contribution is -0.161. The molecule has 0 saturated carbocycles. The lowest BCUT2D eigenvalue weighted by atomic mass is 9.87. The quantitative estimate of drug-likeness (QED) is 0.194. The van der Waals surface area contributed by atoms with Gasteiger partial charge >= 0.3 is 18.0 Å². The van der Waals surface area contributed by atoms with E-state index in [0.717, 1.165) is 9.80 Å². The molecule has 1 N–H and O–H groups in total. The second-order valence-corrected chi connectivity index (χ2v) is 10.5. The van der Waals surface area contributed by atoms with Crippen LogP contribution in [0.1, 0.15) is 22.3 Å². The zero-order valence-corrected chi connectivity index (χ0v) is 24.2. The molecule has 0 aromatic heterocycles. The van der Waals surface area contributed by atoms with E-state index in [1.54, 1.807) is 121 Å². The largest absolute Gasteiger partial charge is 0.456 e. The van der Waals surface area contributed by atoms with Crippen LogP contribution in [-0.4, -0.2) is 57.3 Å². The Morgan fingerprint density at radius 3 is 1.52 bits per heavy atom. The van der Waals surface area contributed by atoms with Gasteiger partial charge in [-0.2, -0.15) is 0 Å². The minimum Gasteiger partial charge on any atom is -0.456 e. The highest BCUT2D eigenvalue weighted by Crippen LogP contribution is 2.32. The number of hydrogen-bond donors (Lipinski definition) is 1. The van der Waals surface area contributed by atoms with Gasteiger partial charge in [-0.1, -0.05) is 121 Å². The number of carbonyl (C=O) groups excluding carboxylic acids is 4. The number of amides is 2. The standard InChI is InChI=1S/C34H29ClN2O7/c35-44-31(39)29-28(36(21-24-13-5-1-6-14-24)33(41)37(29)22-25-15-7-2-8-16-25)30(38)32(40)43-23-34(42,26-17-9-3-10-18-26)27-19-11-4-12-20-27/h1-20,28-29,42H,21-23H2. The molecule has 0 spiro atoms. The molecule has 1 fully saturated rings. The fourth-order valence-electron chi connectivity index (χ4n) is 5.35. The molecule has 2 unspecified atom stereocenters. The minimum atomic E-state index is -1.79. The summed E-state index contributed by atoms with van der Waals surface area (Å²) < 4.78 is 9.97. The normalized spacial score (nSPS) is 16.5. The molecular formula is C34H29ClN2O7. The van der Waals surface area contributed by atoms with Crippen LogP contribution >= 0.6 is 11.9 Å². The maximum Gasteiger partial charge on any atom is 0.377 e. The first-order chi connectivity index (χ1) is 21.3. The Balaban J connectivity index is 1.47. The van der Waals surface area contributed by atoms with Gasteiger partial charge in [-0.05, 0) is 22.3 Å². The van der Waals surface area contributed by atoms with E-state index in [2.05, 4.69) is 4.29 Å². The molecule has 4 aromatic rings. The van der Waals surface area contributed by atoms with Crippen molar-refractivity contribution in [1.29, 1.82) is 0 Å². The average molecular weight is 613 g/mol. The van der Waals surface area contributed by atoms with Gasteiger partial charge in [0.2, 0.25) is 0 Å².